The number of nitrogens with one attached hydrogen (secondary N) is 1. The Bertz CT molecular complexity index is 826. The molecule has 1 heterocycles. The number of nitrogens with two attached hydrogens (primary N) is 1. The molecular weight excluding hydrogens is 376 g/mol. The van der Waals surface area contributed by atoms with Crippen molar-refractivity contribution >= 4 is 23.8 Å². The van der Waals surface area contributed by atoms with Crippen molar-refractivity contribution in [1.82, 2.24) is 20.3 Å². The number of ether oxygens (including phenoxy) is 2. The number of nitrogens with zero attached hydrogens (tertiary/aromatic N) is 4. The third kappa shape index (κ3) is 7.24. The Morgan fingerprint density at radius 1 is 1.14 bits per heavy atom. The first-order valence-corrected chi connectivity index (χ1v) is 9.23. The van der Waals surface area contributed by atoms with Gasteiger partial charge in [0.25, 0.3) is 5.91 Å². The van der Waals surface area contributed by atoms with E-state index >= 15 is 0 Å². The minimum atomic E-state index is -0.622. The fourth-order valence-corrected chi connectivity index (χ4v) is 2.18. The summed E-state index contributed by atoms with van der Waals surface area (Å²) < 4.78 is 10.6. The molecule has 0 atom stereocenters. The maximum atomic E-state index is 12.1. The van der Waals surface area contributed by atoms with Gasteiger partial charge in [0.1, 0.15) is 12.3 Å². The van der Waals surface area contributed by atoms with Gasteiger partial charge in [-0.05, 0) is 30.7 Å². The van der Waals surface area contributed by atoms with E-state index in [2.05, 4.69) is 27.2 Å². The van der Waals surface area contributed by atoms with Crippen molar-refractivity contribution in [3.63, 3.8) is 0 Å². The highest BCUT2D eigenvalue weighted by Crippen LogP contribution is 2.12. The number of rotatable bonds is 10. The molecule has 0 bridgehead atoms. The first-order chi connectivity index (χ1) is 13.9. The van der Waals surface area contributed by atoms with E-state index in [1.807, 2.05) is 0 Å². The topological polar surface area (TPSA) is 133 Å². The molecule has 0 saturated carbocycles. The Balaban J connectivity index is 1.79. The number of carbonyl (C=O) groups excluding carboxylic acids is 2. The first kappa shape index (κ1) is 21.9. The van der Waals surface area contributed by atoms with Gasteiger partial charge in [-0.2, -0.15) is 15.0 Å². The highest BCUT2D eigenvalue weighted by atomic mass is 16.5. The smallest absolute Gasteiger partial charge is 0.325 e. The molecular formula is C19H26N6O4. The molecule has 0 aliphatic rings. The van der Waals surface area contributed by atoms with Crippen LogP contribution in [0, 0.1) is 0 Å². The van der Waals surface area contributed by atoms with Gasteiger partial charge in [0.05, 0.1) is 6.61 Å². The van der Waals surface area contributed by atoms with Crippen molar-refractivity contribution in [2.75, 3.05) is 37.9 Å². The van der Waals surface area contributed by atoms with E-state index in [1.54, 1.807) is 43.3 Å². The third-order valence-electron chi connectivity index (χ3n) is 3.73. The summed E-state index contributed by atoms with van der Waals surface area (Å²) in [6.07, 6.45) is 2.02. The van der Waals surface area contributed by atoms with Crippen LogP contribution in [-0.2, 0) is 16.1 Å². The lowest BCUT2D eigenvalue weighted by Crippen LogP contribution is -2.30. The molecule has 1 amide bonds. The molecule has 1 aromatic heterocycles. The quantitative estimate of drug-likeness (QED) is 0.444. The van der Waals surface area contributed by atoms with Gasteiger partial charge in [0.15, 0.2) is 12.4 Å². The van der Waals surface area contributed by atoms with Gasteiger partial charge in [-0.3, -0.25) is 9.59 Å². The van der Waals surface area contributed by atoms with Crippen LogP contribution in [0.5, 0.6) is 5.75 Å². The number of esters is 1. The summed E-state index contributed by atoms with van der Waals surface area (Å²) >= 11 is 0. The maximum absolute atomic E-state index is 12.1. The van der Waals surface area contributed by atoms with Crippen molar-refractivity contribution < 1.29 is 19.1 Å². The molecule has 0 fully saturated rings. The van der Waals surface area contributed by atoms with E-state index < -0.39 is 5.97 Å². The van der Waals surface area contributed by atoms with Gasteiger partial charge in [0, 0.05) is 19.7 Å². The van der Waals surface area contributed by atoms with E-state index in [0.29, 0.717) is 23.9 Å². The van der Waals surface area contributed by atoms with Crippen LogP contribution in [-0.4, -0.2) is 54.1 Å². The lowest BCUT2D eigenvalue weighted by Gasteiger charge is -2.11. The second-order valence-corrected chi connectivity index (χ2v) is 6.37. The summed E-state index contributed by atoms with van der Waals surface area (Å²) in [5.41, 5.74) is 6.03. The number of aromatic nitrogens is 3. The van der Waals surface area contributed by atoms with Gasteiger partial charge >= 0.3 is 5.97 Å². The highest BCUT2D eigenvalue weighted by Gasteiger charge is 2.12. The van der Waals surface area contributed by atoms with Crippen LogP contribution >= 0.6 is 0 Å². The number of amides is 1. The minimum Gasteiger partial charge on any atom is -0.494 e. The van der Waals surface area contributed by atoms with Gasteiger partial charge in [-0.15, -0.1) is 0 Å². The fraction of sp³-hybridized carbons (Fsp3) is 0.421. The Morgan fingerprint density at radius 3 is 2.52 bits per heavy atom. The summed E-state index contributed by atoms with van der Waals surface area (Å²) in [5, 5.41) is 2.51. The average Bonchev–Trinajstić information content (AvgIpc) is 2.70. The SMILES string of the molecule is CCCCOc1ccc(C(=O)NCC(=O)OCc2nc(N)nc(N(C)C)n2)cc1. The van der Waals surface area contributed by atoms with E-state index in [4.69, 9.17) is 15.2 Å². The molecule has 0 spiro atoms. The molecule has 2 aromatic rings. The summed E-state index contributed by atoms with van der Waals surface area (Å²) in [6, 6.07) is 6.71. The Kier molecular flexibility index (Phi) is 8.13. The molecule has 3 N–H and O–H groups in total. The van der Waals surface area contributed by atoms with Crippen LogP contribution < -0.4 is 20.7 Å². The van der Waals surface area contributed by atoms with E-state index in [0.717, 1.165) is 12.8 Å². The van der Waals surface area contributed by atoms with Gasteiger partial charge < -0.3 is 25.4 Å². The van der Waals surface area contributed by atoms with Crippen molar-refractivity contribution in [3.05, 3.63) is 35.7 Å². The number of carbonyl (C=O) groups is 2. The first-order valence-electron chi connectivity index (χ1n) is 9.23. The number of nitrogen functional groups attached to an aromatic ring is 1. The van der Waals surface area contributed by atoms with Gasteiger partial charge in [0.2, 0.25) is 11.9 Å². The Labute approximate surface area is 169 Å². The largest absolute Gasteiger partial charge is 0.494 e. The number of hydrogen-bond acceptors (Lipinski definition) is 9. The predicted octanol–water partition coefficient (Wildman–Crippen LogP) is 1.17. The number of anilines is 2. The van der Waals surface area contributed by atoms with E-state index in [9.17, 15) is 9.59 Å². The molecule has 0 radical (unpaired) electrons. The minimum absolute atomic E-state index is 0.0326. The number of hydrogen-bond donors (Lipinski definition) is 2. The van der Waals surface area contributed by atoms with Crippen LogP contribution in [0.1, 0.15) is 35.9 Å². The Hall–Kier alpha value is -3.43. The van der Waals surface area contributed by atoms with Crippen LogP contribution in [0.4, 0.5) is 11.9 Å². The molecule has 0 saturated heterocycles. The zero-order valence-corrected chi connectivity index (χ0v) is 16.8. The molecule has 0 aliphatic heterocycles. The van der Waals surface area contributed by atoms with Crippen molar-refractivity contribution in [2.45, 2.75) is 26.4 Å². The average molecular weight is 402 g/mol. The van der Waals surface area contributed by atoms with Gasteiger partial charge in [-0.25, -0.2) is 0 Å². The molecule has 2 rings (SSSR count). The second-order valence-electron chi connectivity index (χ2n) is 6.37. The van der Waals surface area contributed by atoms with Crippen LogP contribution in [0.15, 0.2) is 24.3 Å². The van der Waals surface area contributed by atoms with Crippen molar-refractivity contribution in [1.29, 1.82) is 0 Å². The van der Waals surface area contributed by atoms with Crippen LogP contribution in [0.2, 0.25) is 0 Å². The summed E-state index contributed by atoms with van der Waals surface area (Å²) in [5.74, 6) is 0.302. The normalized spacial score (nSPS) is 10.3. The molecule has 29 heavy (non-hydrogen) atoms. The van der Waals surface area contributed by atoms with E-state index in [1.165, 1.54) is 0 Å². The standard InChI is InChI=1S/C19H26N6O4/c1-4-5-10-28-14-8-6-13(7-9-14)17(27)21-11-16(26)29-12-15-22-18(20)24-19(23-15)25(2)3/h6-9H,4-5,10-12H2,1-3H3,(H,21,27)(H2,20,22,23,24). The molecule has 156 valence electrons. The van der Waals surface area contributed by atoms with Crippen LogP contribution in [0.3, 0.4) is 0 Å². The molecule has 0 unspecified atom stereocenters. The molecule has 10 heteroatoms. The maximum Gasteiger partial charge on any atom is 0.325 e. The lowest BCUT2D eigenvalue weighted by molar-refractivity contribution is -0.143. The molecule has 0 aliphatic carbocycles. The summed E-state index contributed by atoms with van der Waals surface area (Å²) in [6.45, 7) is 2.26. The second kappa shape index (κ2) is 10.8. The van der Waals surface area contributed by atoms with Crippen molar-refractivity contribution in [2.24, 2.45) is 0 Å². The lowest BCUT2D eigenvalue weighted by atomic mass is 10.2. The van der Waals surface area contributed by atoms with Crippen LogP contribution in [0.25, 0.3) is 0 Å². The summed E-state index contributed by atoms with van der Waals surface area (Å²) in [7, 11) is 3.51. The molecule has 1 aromatic carbocycles. The monoisotopic (exact) mass is 402 g/mol. The highest BCUT2D eigenvalue weighted by molar-refractivity contribution is 5.96. The summed E-state index contributed by atoms with van der Waals surface area (Å²) in [4.78, 5) is 37.7. The zero-order valence-electron chi connectivity index (χ0n) is 16.8. The number of benzene rings is 1. The molecule has 10 nitrogen and oxygen atoms in total. The Morgan fingerprint density at radius 2 is 1.86 bits per heavy atom. The number of unbranched alkanes of at least 4 members (excludes halogenated alkanes) is 1. The third-order valence-corrected chi connectivity index (χ3v) is 3.73. The predicted molar refractivity (Wildman–Crippen MR) is 108 cm³/mol. The fourth-order valence-electron chi connectivity index (χ4n) is 2.18. The zero-order chi connectivity index (χ0) is 21.2. The van der Waals surface area contributed by atoms with E-state index in [-0.39, 0.29) is 30.8 Å². The van der Waals surface area contributed by atoms with Crippen molar-refractivity contribution in [3.8, 4) is 5.75 Å². The van der Waals surface area contributed by atoms with Gasteiger partial charge in [-0.1, -0.05) is 13.3 Å².